The van der Waals surface area contributed by atoms with Gasteiger partial charge in [0.2, 0.25) is 0 Å². The number of carbonyl (C=O) groups is 1. The molecule has 2 rings (SSSR count). The van der Waals surface area contributed by atoms with Gasteiger partial charge in [-0.15, -0.1) is 0 Å². The van der Waals surface area contributed by atoms with Gasteiger partial charge in [0.05, 0.1) is 18.1 Å². The molecule has 1 saturated carbocycles. The maximum Gasteiger partial charge on any atom is 0.172 e. The molecule has 0 atom stereocenters. The van der Waals surface area contributed by atoms with Crippen molar-refractivity contribution >= 4 is 5.78 Å². The SMILES string of the molecule is CCOC1=CC(=O)C12CCC(OC)CC2. The van der Waals surface area contributed by atoms with Crippen LogP contribution in [-0.2, 0) is 14.3 Å². The van der Waals surface area contributed by atoms with Gasteiger partial charge < -0.3 is 9.47 Å². The van der Waals surface area contributed by atoms with Crippen molar-refractivity contribution in [1.29, 1.82) is 0 Å². The van der Waals surface area contributed by atoms with E-state index in [1.165, 1.54) is 0 Å². The number of methoxy groups -OCH3 is 1. The predicted octanol–water partition coefficient (Wildman–Crippen LogP) is 2.06. The Bertz CT molecular complexity index is 285. The van der Waals surface area contributed by atoms with Crippen LogP contribution in [0.2, 0.25) is 0 Å². The molecular formula is C12H18O3. The maximum absolute atomic E-state index is 11.7. The summed E-state index contributed by atoms with van der Waals surface area (Å²) in [4.78, 5) is 11.7. The van der Waals surface area contributed by atoms with Crippen molar-refractivity contribution < 1.29 is 14.3 Å². The van der Waals surface area contributed by atoms with Gasteiger partial charge in [0.25, 0.3) is 0 Å². The summed E-state index contributed by atoms with van der Waals surface area (Å²) in [6.45, 7) is 2.60. The lowest BCUT2D eigenvalue weighted by atomic mass is 9.63. The smallest absolute Gasteiger partial charge is 0.172 e. The van der Waals surface area contributed by atoms with Gasteiger partial charge >= 0.3 is 0 Å². The third-order valence-corrected chi connectivity index (χ3v) is 3.62. The highest BCUT2D eigenvalue weighted by atomic mass is 16.5. The van der Waals surface area contributed by atoms with E-state index in [-0.39, 0.29) is 11.2 Å². The van der Waals surface area contributed by atoms with E-state index in [0.717, 1.165) is 31.4 Å². The fraction of sp³-hybridized carbons (Fsp3) is 0.750. The Balaban J connectivity index is 2.04. The van der Waals surface area contributed by atoms with Gasteiger partial charge in [0.1, 0.15) is 5.76 Å². The Morgan fingerprint density at radius 1 is 1.47 bits per heavy atom. The van der Waals surface area contributed by atoms with Gasteiger partial charge in [-0.1, -0.05) is 0 Å². The second-order valence-electron chi connectivity index (χ2n) is 4.32. The third kappa shape index (κ3) is 1.59. The van der Waals surface area contributed by atoms with E-state index in [9.17, 15) is 4.79 Å². The van der Waals surface area contributed by atoms with E-state index in [0.29, 0.717) is 12.7 Å². The van der Waals surface area contributed by atoms with Crippen LogP contribution in [0.15, 0.2) is 11.8 Å². The zero-order valence-electron chi connectivity index (χ0n) is 9.41. The van der Waals surface area contributed by atoms with E-state index >= 15 is 0 Å². The summed E-state index contributed by atoms with van der Waals surface area (Å²) in [5.41, 5.74) is -0.273. The van der Waals surface area contributed by atoms with Crippen LogP contribution >= 0.6 is 0 Å². The summed E-state index contributed by atoms with van der Waals surface area (Å²) >= 11 is 0. The molecular weight excluding hydrogens is 192 g/mol. The van der Waals surface area contributed by atoms with Crippen molar-refractivity contribution in [2.45, 2.75) is 38.7 Å². The highest BCUT2D eigenvalue weighted by Crippen LogP contribution is 2.49. The van der Waals surface area contributed by atoms with Crippen LogP contribution in [-0.4, -0.2) is 25.6 Å². The van der Waals surface area contributed by atoms with Crippen molar-refractivity contribution in [3.8, 4) is 0 Å². The largest absolute Gasteiger partial charge is 0.497 e. The van der Waals surface area contributed by atoms with Gasteiger partial charge in [-0.25, -0.2) is 0 Å². The predicted molar refractivity (Wildman–Crippen MR) is 56.4 cm³/mol. The van der Waals surface area contributed by atoms with Crippen molar-refractivity contribution in [3.05, 3.63) is 11.8 Å². The Labute approximate surface area is 90.4 Å². The summed E-state index contributed by atoms with van der Waals surface area (Å²) in [5.74, 6) is 1.16. The molecule has 15 heavy (non-hydrogen) atoms. The molecule has 0 N–H and O–H groups in total. The number of hydrogen-bond acceptors (Lipinski definition) is 3. The Hall–Kier alpha value is -0.830. The number of hydrogen-bond donors (Lipinski definition) is 0. The molecule has 0 unspecified atom stereocenters. The first-order chi connectivity index (χ1) is 7.23. The molecule has 1 spiro atoms. The van der Waals surface area contributed by atoms with Crippen molar-refractivity contribution in [2.75, 3.05) is 13.7 Å². The number of ether oxygens (including phenoxy) is 2. The van der Waals surface area contributed by atoms with Gasteiger partial charge in [-0.05, 0) is 32.6 Å². The normalized spacial score (nSPS) is 34.9. The molecule has 3 heteroatoms. The number of carbonyl (C=O) groups excluding carboxylic acids is 1. The molecule has 0 aliphatic heterocycles. The lowest BCUT2D eigenvalue weighted by Gasteiger charge is -2.43. The molecule has 2 aliphatic rings. The molecule has 0 aromatic rings. The van der Waals surface area contributed by atoms with Crippen LogP contribution in [0.25, 0.3) is 0 Å². The quantitative estimate of drug-likeness (QED) is 0.715. The molecule has 0 bridgehead atoms. The molecule has 0 aromatic carbocycles. The van der Waals surface area contributed by atoms with Gasteiger partial charge in [-0.2, -0.15) is 0 Å². The second kappa shape index (κ2) is 3.97. The Kier molecular flexibility index (Phi) is 2.83. The summed E-state index contributed by atoms with van der Waals surface area (Å²) in [6, 6.07) is 0. The molecule has 84 valence electrons. The molecule has 0 radical (unpaired) electrons. The zero-order chi connectivity index (χ0) is 10.9. The first-order valence-corrected chi connectivity index (χ1v) is 5.65. The minimum absolute atomic E-state index is 0.250. The summed E-state index contributed by atoms with van der Waals surface area (Å²) in [5, 5.41) is 0. The molecule has 0 saturated heterocycles. The number of ketones is 1. The molecule has 0 amide bonds. The fourth-order valence-electron chi connectivity index (χ4n) is 2.59. The average molecular weight is 210 g/mol. The monoisotopic (exact) mass is 210 g/mol. The van der Waals surface area contributed by atoms with Crippen molar-refractivity contribution in [1.82, 2.24) is 0 Å². The lowest BCUT2D eigenvalue weighted by Crippen LogP contribution is -2.45. The van der Waals surface area contributed by atoms with Crippen LogP contribution in [0.1, 0.15) is 32.6 Å². The minimum atomic E-state index is -0.273. The first-order valence-electron chi connectivity index (χ1n) is 5.65. The van der Waals surface area contributed by atoms with Crippen LogP contribution in [0.3, 0.4) is 0 Å². The van der Waals surface area contributed by atoms with Crippen molar-refractivity contribution in [3.63, 3.8) is 0 Å². The maximum atomic E-state index is 11.7. The lowest BCUT2D eigenvalue weighted by molar-refractivity contribution is -0.132. The first kappa shape index (κ1) is 10.7. The van der Waals surface area contributed by atoms with Crippen molar-refractivity contribution in [2.24, 2.45) is 5.41 Å². The van der Waals surface area contributed by atoms with E-state index < -0.39 is 0 Å². The summed E-state index contributed by atoms with van der Waals surface area (Å²) in [6.07, 6.45) is 5.68. The van der Waals surface area contributed by atoms with Crippen LogP contribution in [0, 0.1) is 5.41 Å². The number of rotatable bonds is 3. The topological polar surface area (TPSA) is 35.5 Å². The minimum Gasteiger partial charge on any atom is -0.497 e. The summed E-state index contributed by atoms with van der Waals surface area (Å²) < 4.78 is 10.8. The molecule has 1 fully saturated rings. The highest BCUT2D eigenvalue weighted by molar-refractivity contribution is 6.04. The molecule has 0 heterocycles. The Morgan fingerprint density at radius 2 is 2.13 bits per heavy atom. The molecule has 0 aromatic heterocycles. The van der Waals surface area contributed by atoms with E-state index in [1.54, 1.807) is 13.2 Å². The average Bonchev–Trinajstić information content (AvgIpc) is 2.29. The Morgan fingerprint density at radius 3 is 2.60 bits per heavy atom. The van der Waals surface area contributed by atoms with Gasteiger partial charge in [-0.3, -0.25) is 4.79 Å². The second-order valence-corrected chi connectivity index (χ2v) is 4.32. The summed E-state index contributed by atoms with van der Waals surface area (Å²) in [7, 11) is 1.74. The van der Waals surface area contributed by atoms with Gasteiger partial charge in [0, 0.05) is 13.2 Å². The highest BCUT2D eigenvalue weighted by Gasteiger charge is 2.51. The zero-order valence-corrected chi connectivity index (χ0v) is 9.41. The van der Waals surface area contributed by atoms with Gasteiger partial charge in [0.15, 0.2) is 5.78 Å². The third-order valence-electron chi connectivity index (χ3n) is 3.62. The van der Waals surface area contributed by atoms with E-state index in [2.05, 4.69) is 0 Å². The van der Waals surface area contributed by atoms with Crippen LogP contribution in [0.5, 0.6) is 0 Å². The molecule has 3 nitrogen and oxygen atoms in total. The van der Waals surface area contributed by atoms with E-state index in [1.807, 2.05) is 6.92 Å². The number of allylic oxidation sites excluding steroid dienone is 2. The van der Waals surface area contributed by atoms with E-state index in [4.69, 9.17) is 9.47 Å². The van der Waals surface area contributed by atoms with Crippen LogP contribution < -0.4 is 0 Å². The fourth-order valence-corrected chi connectivity index (χ4v) is 2.59. The van der Waals surface area contributed by atoms with Crippen LogP contribution in [0.4, 0.5) is 0 Å². The standard InChI is InChI=1S/C12H18O3/c1-3-15-11-8-10(13)12(11)6-4-9(14-2)5-7-12/h8-9H,3-7H2,1-2H3. The molecule has 2 aliphatic carbocycles.